The molecule has 0 saturated carbocycles. The van der Waals surface area contributed by atoms with E-state index in [2.05, 4.69) is 0 Å². The number of aliphatic hydroxyl groups is 2. The van der Waals surface area contributed by atoms with Crippen LogP contribution in [0.2, 0.25) is 5.02 Å². The molecule has 1 saturated heterocycles. The number of ether oxygens (including phenoxy) is 3. The molecule has 0 bridgehead atoms. The topological polar surface area (TPSA) is 85.2 Å². The van der Waals surface area contributed by atoms with E-state index >= 15 is 0 Å². The Bertz CT molecular complexity index is 884. The first-order chi connectivity index (χ1) is 14.8. The molecule has 0 aromatic heterocycles. The molecule has 5 atom stereocenters. The van der Waals surface area contributed by atoms with Crippen molar-refractivity contribution in [3.63, 3.8) is 0 Å². The van der Waals surface area contributed by atoms with Crippen LogP contribution in [0.5, 0.6) is 5.75 Å². The number of esters is 1. The number of carbonyl (C=O) groups is 1. The second-order valence-corrected chi connectivity index (χ2v) is 8.21. The minimum atomic E-state index is -0.943. The third-order valence-corrected chi connectivity index (χ3v) is 5.94. The van der Waals surface area contributed by atoms with Crippen molar-refractivity contribution < 1.29 is 29.2 Å². The van der Waals surface area contributed by atoms with Crippen LogP contribution >= 0.6 is 11.6 Å². The predicted molar refractivity (Wildman–Crippen MR) is 117 cm³/mol. The van der Waals surface area contributed by atoms with Crippen molar-refractivity contribution in [3.05, 3.63) is 64.2 Å². The molecule has 31 heavy (non-hydrogen) atoms. The van der Waals surface area contributed by atoms with Gasteiger partial charge in [-0.2, -0.15) is 0 Å². The van der Waals surface area contributed by atoms with Gasteiger partial charge < -0.3 is 24.4 Å². The maximum absolute atomic E-state index is 11.7. The van der Waals surface area contributed by atoms with Crippen molar-refractivity contribution >= 4 is 17.6 Å². The Kier molecular flexibility index (Phi) is 7.94. The lowest BCUT2D eigenvalue weighted by atomic mass is 9.84. The molecule has 7 heteroatoms. The quantitative estimate of drug-likeness (QED) is 0.628. The van der Waals surface area contributed by atoms with Crippen LogP contribution in [0.25, 0.3) is 0 Å². The summed E-state index contributed by atoms with van der Waals surface area (Å²) >= 11 is 6.46. The second-order valence-electron chi connectivity index (χ2n) is 7.81. The summed E-state index contributed by atoms with van der Waals surface area (Å²) in [5.41, 5.74) is 2.74. The number of hydrogen-bond acceptors (Lipinski definition) is 6. The van der Waals surface area contributed by atoms with Gasteiger partial charge in [0.1, 0.15) is 24.1 Å². The van der Waals surface area contributed by atoms with E-state index in [1.165, 1.54) is 6.92 Å². The van der Waals surface area contributed by atoms with Gasteiger partial charge in [-0.05, 0) is 48.2 Å². The highest BCUT2D eigenvalue weighted by atomic mass is 35.5. The third-order valence-electron chi connectivity index (χ3n) is 5.57. The van der Waals surface area contributed by atoms with Crippen LogP contribution in [0.1, 0.15) is 43.6 Å². The number of benzene rings is 2. The van der Waals surface area contributed by atoms with E-state index in [-0.39, 0.29) is 6.61 Å². The Balaban J connectivity index is 1.89. The SMILES string of the molecule is CCOc1ccc(Cc2cc(C3OC(CO)C(O)C(C)C3OC(C)=O)ccc2Cl)cc1. The highest BCUT2D eigenvalue weighted by Gasteiger charge is 2.45. The Morgan fingerprint density at radius 3 is 2.52 bits per heavy atom. The Labute approximate surface area is 187 Å². The van der Waals surface area contributed by atoms with E-state index in [4.69, 9.17) is 25.8 Å². The fraction of sp³-hybridized carbons (Fsp3) is 0.458. The van der Waals surface area contributed by atoms with Crippen molar-refractivity contribution in [2.24, 2.45) is 5.92 Å². The highest BCUT2D eigenvalue weighted by Crippen LogP contribution is 2.38. The normalized spacial score (nSPS) is 25.8. The van der Waals surface area contributed by atoms with Crippen LogP contribution in [0.15, 0.2) is 42.5 Å². The minimum Gasteiger partial charge on any atom is -0.494 e. The smallest absolute Gasteiger partial charge is 0.303 e. The summed E-state index contributed by atoms with van der Waals surface area (Å²) in [5, 5.41) is 20.7. The van der Waals surface area contributed by atoms with E-state index in [1.807, 2.05) is 43.3 Å². The summed E-state index contributed by atoms with van der Waals surface area (Å²) in [4.78, 5) is 11.7. The summed E-state index contributed by atoms with van der Waals surface area (Å²) in [6.07, 6.45) is -2.42. The number of aliphatic hydroxyl groups excluding tert-OH is 2. The van der Waals surface area contributed by atoms with Crippen LogP contribution in [0.4, 0.5) is 0 Å². The first-order valence-electron chi connectivity index (χ1n) is 10.5. The second kappa shape index (κ2) is 10.5. The molecule has 2 aromatic carbocycles. The molecule has 1 fully saturated rings. The van der Waals surface area contributed by atoms with Crippen LogP contribution < -0.4 is 4.74 Å². The van der Waals surface area contributed by atoms with E-state index in [9.17, 15) is 15.0 Å². The molecular weight excluding hydrogens is 420 g/mol. The number of halogens is 1. The summed E-state index contributed by atoms with van der Waals surface area (Å²) in [6.45, 7) is 5.33. The van der Waals surface area contributed by atoms with Crippen molar-refractivity contribution in [2.75, 3.05) is 13.2 Å². The average Bonchev–Trinajstić information content (AvgIpc) is 2.75. The number of carbonyl (C=O) groups excluding carboxylic acids is 1. The van der Waals surface area contributed by atoms with Gasteiger partial charge in [-0.1, -0.05) is 42.8 Å². The van der Waals surface area contributed by atoms with Crippen LogP contribution in [0.3, 0.4) is 0 Å². The predicted octanol–water partition coefficient (Wildman–Crippen LogP) is 3.69. The molecule has 2 N–H and O–H groups in total. The minimum absolute atomic E-state index is 0.332. The van der Waals surface area contributed by atoms with E-state index in [0.717, 1.165) is 22.4 Å². The lowest BCUT2D eigenvalue weighted by Gasteiger charge is -2.43. The Morgan fingerprint density at radius 1 is 1.19 bits per heavy atom. The maximum Gasteiger partial charge on any atom is 0.303 e. The molecule has 0 radical (unpaired) electrons. The fourth-order valence-corrected chi connectivity index (χ4v) is 4.12. The summed E-state index contributed by atoms with van der Waals surface area (Å²) < 4.78 is 17.0. The van der Waals surface area contributed by atoms with E-state index in [0.29, 0.717) is 18.1 Å². The molecule has 0 aliphatic carbocycles. The molecule has 5 unspecified atom stereocenters. The Morgan fingerprint density at radius 2 is 1.90 bits per heavy atom. The first kappa shape index (κ1) is 23.5. The zero-order chi connectivity index (χ0) is 22.5. The Hall–Kier alpha value is -2.12. The van der Waals surface area contributed by atoms with Crippen LogP contribution in [-0.2, 0) is 20.7 Å². The first-order valence-corrected chi connectivity index (χ1v) is 10.8. The zero-order valence-electron chi connectivity index (χ0n) is 18.0. The van der Waals surface area contributed by atoms with Gasteiger partial charge in [0, 0.05) is 17.9 Å². The molecular formula is C24H29ClO6. The van der Waals surface area contributed by atoms with Crippen molar-refractivity contribution in [1.82, 2.24) is 0 Å². The highest BCUT2D eigenvalue weighted by molar-refractivity contribution is 6.31. The van der Waals surface area contributed by atoms with E-state index < -0.39 is 36.3 Å². The fourth-order valence-electron chi connectivity index (χ4n) is 3.93. The van der Waals surface area contributed by atoms with Gasteiger partial charge in [-0.15, -0.1) is 0 Å². The molecule has 1 aliphatic rings. The molecule has 1 aliphatic heterocycles. The summed E-state index contributed by atoms with van der Waals surface area (Å²) in [5.74, 6) is -0.0535. The molecule has 2 aromatic rings. The zero-order valence-corrected chi connectivity index (χ0v) is 18.7. The lowest BCUT2D eigenvalue weighted by Crippen LogP contribution is -2.52. The molecule has 3 rings (SSSR count). The van der Waals surface area contributed by atoms with Crippen LogP contribution in [-0.4, -0.2) is 47.7 Å². The summed E-state index contributed by atoms with van der Waals surface area (Å²) in [6, 6.07) is 13.4. The molecule has 1 heterocycles. The van der Waals surface area contributed by atoms with Crippen molar-refractivity contribution in [3.8, 4) is 5.75 Å². The van der Waals surface area contributed by atoms with Gasteiger partial charge in [-0.3, -0.25) is 4.79 Å². The van der Waals surface area contributed by atoms with Gasteiger partial charge in [-0.25, -0.2) is 0 Å². The van der Waals surface area contributed by atoms with Crippen molar-refractivity contribution in [1.29, 1.82) is 0 Å². The monoisotopic (exact) mass is 448 g/mol. The van der Waals surface area contributed by atoms with Gasteiger partial charge >= 0.3 is 5.97 Å². The van der Waals surface area contributed by atoms with E-state index in [1.54, 1.807) is 13.0 Å². The molecule has 168 valence electrons. The van der Waals surface area contributed by atoms with Gasteiger partial charge in [0.2, 0.25) is 0 Å². The number of rotatable bonds is 7. The van der Waals surface area contributed by atoms with Crippen LogP contribution in [0, 0.1) is 5.92 Å². The number of hydrogen-bond donors (Lipinski definition) is 2. The summed E-state index contributed by atoms with van der Waals surface area (Å²) in [7, 11) is 0. The molecule has 0 spiro atoms. The third kappa shape index (κ3) is 5.57. The van der Waals surface area contributed by atoms with Gasteiger partial charge in [0.25, 0.3) is 0 Å². The van der Waals surface area contributed by atoms with Gasteiger partial charge in [0.15, 0.2) is 0 Å². The molecule has 6 nitrogen and oxygen atoms in total. The largest absolute Gasteiger partial charge is 0.494 e. The average molecular weight is 449 g/mol. The standard InChI is InChI=1S/C24H29ClO6/c1-4-29-19-8-5-16(6-9-19)11-18-12-17(7-10-20(18)25)24-23(30-15(3)27)14(2)22(28)21(13-26)31-24/h5-10,12,14,21-24,26,28H,4,11,13H2,1-3H3. The molecule has 0 amide bonds. The van der Waals surface area contributed by atoms with Gasteiger partial charge in [0.05, 0.1) is 19.3 Å². The lowest BCUT2D eigenvalue weighted by molar-refractivity contribution is -0.220. The van der Waals surface area contributed by atoms with Crippen molar-refractivity contribution in [2.45, 2.75) is 51.6 Å². The maximum atomic E-state index is 11.7.